The number of piperidine rings is 1. The molecule has 0 atom stereocenters. The SMILES string of the molecule is Cl.Cl.NC1CCC(Nc2nc(NC3CCN(C(=O)C=Cc4cccc(C(F)(F)F)c4)CC3)c3ncn(C4CCCC4)c3n2)CC1. The summed E-state index contributed by atoms with van der Waals surface area (Å²) in [6.07, 6.45) is 10.3. The second kappa shape index (κ2) is 15.0. The van der Waals surface area contributed by atoms with E-state index in [0.717, 1.165) is 61.8 Å². The molecular weight excluding hydrogens is 628 g/mol. The molecule has 6 rings (SSSR count). The molecule has 0 bridgehead atoms. The molecule has 0 radical (unpaired) electrons. The van der Waals surface area contributed by atoms with Crippen LogP contribution in [-0.2, 0) is 11.0 Å². The first kappa shape index (κ1) is 34.8. The van der Waals surface area contributed by atoms with Crippen LogP contribution in [0.15, 0.2) is 36.7 Å². The number of halogens is 5. The van der Waals surface area contributed by atoms with E-state index < -0.39 is 11.7 Å². The number of anilines is 2. The van der Waals surface area contributed by atoms with Gasteiger partial charge in [0.05, 0.1) is 11.9 Å². The summed E-state index contributed by atoms with van der Waals surface area (Å²) < 4.78 is 41.3. The molecule has 3 aromatic rings. The van der Waals surface area contributed by atoms with Gasteiger partial charge in [0.15, 0.2) is 17.0 Å². The van der Waals surface area contributed by atoms with Gasteiger partial charge in [0.25, 0.3) is 0 Å². The third-order valence-corrected chi connectivity index (χ3v) is 9.02. The van der Waals surface area contributed by atoms with Gasteiger partial charge in [0, 0.05) is 43.3 Å². The van der Waals surface area contributed by atoms with Crippen molar-refractivity contribution < 1.29 is 18.0 Å². The van der Waals surface area contributed by atoms with E-state index in [1.807, 2.05) is 6.33 Å². The van der Waals surface area contributed by atoms with Crippen LogP contribution in [0.25, 0.3) is 17.2 Å². The zero-order chi connectivity index (χ0) is 30.0. The van der Waals surface area contributed by atoms with Crippen molar-refractivity contribution in [3.8, 4) is 0 Å². The van der Waals surface area contributed by atoms with Gasteiger partial charge in [-0.1, -0.05) is 25.0 Å². The van der Waals surface area contributed by atoms with E-state index in [9.17, 15) is 18.0 Å². The fourth-order valence-electron chi connectivity index (χ4n) is 6.51. The lowest BCUT2D eigenvalue weighted by atomic mass is 9.92. The van der Waals surface area contributed by atoms with Crippen LogP contribution < -0.4 is 16.4 Å². The molecule has 14 heteroatoms. The summed E-state index contributed by atoms with van der Waals surface area (Å²) in [5.74, 6) is 1.09. The Morgan fingerprint density at radius 2 is 1.62 bits per heavy atom. The molecule has 2 aliphatic carbocycles. The highest BCUT2D eigenvalue weighted by Gasteiger charge is 2.30. The first-order chi connectivity index (χ1) is 20.7. The quantitative estimate of drug-likeness (QED) is 0.243. The van der Waals surface area contributed by atoms with Crippen LogP contribution in [0.3, 0.4) is 0 Å². The predicted octanol–water partition coefficient (Wildman–Crippen LogP) is 6.60. The standard InChI is InChI=1S/C31H39F3N8O.2ClH/c32-31(33,34)21-5-3-4-20(18-21)8-13-26(43)41-16-14-24(15-17-41)37-28-27-29(42(19-36-27)25-6-1-2-7-25)40-30(39-28)38-23-11-9-22(35)10-12-23;;/h3-5,8,13,18-19,22-25H,1-2,6-7,9-12,14-17,35H2,(H2,37,38,39,40);2*1H. The van der Waals surface area contributed by atoms with Crippen molar-refractivity contribution >= 4 is 59.7 Å². The molecule has 3 heterocycles. The van der Waals surface area contributed by atoms with Gasteiger partial charge < -0.3 is 25.8 Å². The highest BCUT2D eigenvalue weighted by molar-refractivity contribution is 5.92. The van der Waals surface area contributed by atoms with Crippen LogP contribution in [0.5, 0.6) is 0 Å². The van der Waals surface area contributed by atoms with Gasteiger partial charge in [0.1, 0.15) is 0 Å². The van der Waals surface area contributed by atoms with Crippen molar-refractivity contribution in [1.29, 1.82) is 0 Å². The number of hydrogen-bond acceptors (Lipinski definition) is 7. The third kappa shape index (κ3) is 8.39. The second-order valence-corrected chi connectivity index (χ2v) is 12.1. The number of rotatable bonds is 7. The Bertz CT molecular complexity index is 1460. The molecule has 2 saturated carbocycles. The minimum absolute atomic E-state index is 0. The van der Waals surface area contributed by atoms with E-state index >= 15 is 0 Å². The molecule has 4 N–H and O–H groups in total. The van der Waals surface area contributed by atoms with Crippen LogP contribution in [-0.4, -0.2) is 61.5 Å². The van der Waals surface area contributed by atoms with Crippen LogP contribution in [0.2, 0.25) is 0 Å². The van der Waals surface area contributed by atoms with Crippen molar-refractivity contribution in [3.05, 3.63) is 47.8 Å². The third-order valence-electron chi connectivity index (χ3n) is 9.02. The first-order valence-corrected chi connectivity index (χ1v) is 15.4. The van der Waals surface area contributed by atoms with Crippen molar-refractivity contribution in [2.24, 2.45) is 5.73 Å². The lowest BCUT2D eigenvalue weighted by Crippen LogP contribution is -2.41. The van der Waals surface area contributed by atoms with Crippen molar-refractivity contribution in [2.75, 3.05) is 23.7 Å². The van der Waals surface area contributed by atoms with E-state index in [1.165, 1.54) is 31.1 Å². The summed E-state index contributed by atoms with van der Waals surface area (Å²) in [6, 6.07) is 5.99. The average Bonchev–Trinajstić information content (AvgIpc) is 3.68. The summed E-state index contributed by atoms with van der Waals surface area (Å²) in [7, 11) is 0. The van der Waals surface area contributed by atoms with Crippen molar-refractivity contribution in [2.45, 2.75) is 94.6 Å². The Hall–Kier alpha value is -3.09. The van der Waals surface area contributed by atoms with Gasteiger partial charge in [0.2, 0.25) is 11.9 Å². The summed E-state index contributed by atoms with van der Waals surface area (Å²) >= 11 is 0. The predicted molar refractivity (Wildman–Crippen MR) is 175 cm³/mol. The van der Waals surface area contributed by atoms with E-state index in [0.29, 0.717) is 49.3 Å². The number of nitrogens with one attached hydrogen (secondary N) is 2. The summed E-state index contributed by atoms with van der Waals surface area (Å²) in [5, 5.41) is 7.16. The molecule has 45 heavy (non-hydrogen) atoms. The highest BCUT2D eigenvalue weighted by atomic mass is 35.5. The number of fused-ring (bicyclic) bond motifs is 1. The van der Waals surface area contributed by atoms with Gasteiger partial charge in [-0.3, -0.25) is 4.79 Å². The van der Waals surface area contributed by atoms with Crippen LogP contribution in [0, 0.1) is 0 Å². The van der Waals surface area contributed by atoms with Crippen molar-refractivity contribution in [1.82, 2.24) is 24.4 Å². The Morgan fingerprint density at radius 1 is 0.933 bits per heavy atom. The summed E-state index contributed by atoms with van der Waals surface area (Å²) in [4.78, 5) is 29.1. The van der Waals surface area contributed by atoms with E-state index in [4.69, 9.17) is 20.7 Å². The maximum atomic E-state index is 13.0. The Morgan fingerprint density at radius 3 is 2.31 bits per heavy atom. The number of nitrogens with two attached hydrogens (primary N) is 1. The van der Waals surface area contributed by atoms with E-state index in [-0.39, 0.29) is 48.8 Å². The summed E-state index contributed by atoms with van der Waals surface area (Å²) in [6.45, 7) is 1.06. The zero-order valence-corrected chi connectivity index (χ0v) is 26.6. The summed E-state index contributed by atoms with van der Waals surface area (Å²) in [5.41, 5.74) is 7.31. The first-order valence-electron chi connectivity index (χ1n) is 15.4. The molecule has 1 aromatic carbocycles. The Kier molecular flexibility index (Phi) is 11.6. The minimum Gasteiger partial charge on any atom is -0.365 e. The van der Waals surface area contributed by atoms with Gasteiger partial charge in [-0.25, -0.2) is 4.98 Å². The molecule has 1 amide bonds. The highest BCUT2D eigenvalue weighted by Crippen LogP contribution is 2.34. The number of likely N-dealkylation sites (tertiary alicyclic amines) is 1. The number of carbonyl (C=O) groups excluding carboxylic acids is 1. The number of aromatic nitrogens is 4. The fraction of sp³-hybridized carbons (Fsp3) is 0.548. The van der Waals surface area contributed by atoms with Crippen LogP contribution >= 0.6 is 24.8 Å². The number of carbonyl (C=O) groups is 1. The molecular formula is C31H41Cl2F3N8O. The van der Waals surface area contributed by atoms with Crippen LogP contribution in [0.1, 0.15) is 81.4 Å². The maximum Gasteiger partial charge on any atom is 0.416 e. The normalized spacial score (nSPS) is 21.5. The molecule has 1 saturated heterocycles. The molecule has 2 aromatic heterocycles. The van der Waals surface area contributed by atoms with Gasteiger partial charge in [-0.2, -0.15) is 23.1 Å². The van der Waals surface area contributed by atoms with E-state index in [2.05, 4.69) is 15.2 Å². The van der Waals surface area contributed by atoms with Gasteiger partial charge in [-0.05, 0) is 75.1 Å². The minimum atomic E-state index is -4.42. The lowest BCUT2D eigenvalue weighted by molar-refractivity contribution is -0.137. The second-order valence-electron chi connectivity index (χ2n) is 12.1. The maximum absolute atomic E-state index is 13.0. The fourth-order valence-corrected chi connectivity index (χ4v) is 6.51. The van der Waals surface area contributed by atoms with Crippen molar-refractivity contribution in [3.63, 3.8) is 0 Å². The molecule has 0 unspecified atom stereocenters. The molecule has 3 fully saturated rings. The smallest absolute Gasteiger partial charge is 0.365 e. The number of benzene rings is 1. The molecule has 9 nitrogen and oxygen atoms in total. The lowest BCUT2D eigenvalue weighted by Gasteiger charge is -2.32. The topological polar surface area (TPSA) is 114 Å². The molecule has 3 aliphatic rings. The largest absolute Gasteiger partial charge is 0.416 e. The number of alkyl halides is 3. The van der Waals surface area contributed by atoms with Crippen LogP contribution in [0.4, 0.5) is 24.9 Å². The Labute approximate surface area is 273 Å². The number of nitrogens with zero attached hydrogens (tertiary/aromatic N) is 5. The Balaban J connectivity index is 0.00000230. The number of amides is 1. The zero-order valence-electron chi connectivity index (χ0n) is 25.0. The average molecular weight is 670 g/mol. The molecule has 246 valence electrons. The molecule has 1 aliphatic heterocycles. The number of hydrogen-bond donors (Lipinski definition) is 3. The van der Waals surface area contributed by atoms with Gasteiger partial charge in [-0.15, -0.1) is 24.8 Å². The number of imidazole rings is 1. The monoisotopic (exact) mass is 668 g/mol. The molecule has 0 spiro atoms. The van der Waals surface area contributed by atoms with Gasteiger partial charge >= 0.3 is 6.18 Å². The van der Waals surface area contributed by atoms with E-state index in [1.54, 1.807) is 11.0 Å².